The fraction of sp³-hybridized carbons (Fsp3) is 0.176. The first kappa shape index (κ1) is 14.8. The van der Waals surface area contributed by atoms with E-state index in [2.05, 4.69) is 0 Å². The molecule has 0 aliphatic carbocycles. The molecule has 108 valence electrons. The van der Waals surface area contributed by atoms with Gasteiger partial charge in [0.05, 0.1) is 7.11 Å². The van der Waals surface area contributed by atoms with E-state index in [9.17, 15) is 9.59 Å². The highest BCUT2D eigenvalue weighted by molar-refractivity contribution is 5.95. The lowest BCUT2D eigenvalue weighted by molar-refractivity contribution is 0.100. The van der Waals surface area contributed by atoms with E-state index >= 15 is 0 Å². The topological polar surface area (TPSA) is 52.6 Å². The van der Waals surface area contributed by atoms with Crippen LogP contribution in [0.3, 0.4) is 0 Å². The Hall–Kier alpha value is -2.62. The summed E-state index contributed by atoms with van der Waals surface area (Å²) in [6, 6.07) is 11.8. The fourth-order valence-corrected chi connectivity index (χ4v) is 1.86. The summed E-state index contributed by atoms with van der Waals surface area (Å²) in [6.07, 6.45) is 0. The molecule has 0 aliphatic rings. The Kier molecular flexibility index (Phi) is 4.38. The summed E-state index contributed by atoms with van der Waals surface area (Å²) >= 11 is 0. The summed E-state index contributed by atoms with van der Waals surface area (Å²) in [5, 5.41) is 0. The van der Waals surface area contributed by atoms with Gasteiger partial charge in [-0.3, -0.25) is 9.59 Å². The standard InChI is InChI=1S/C17H16O4/c1-11(18)13-4-7-15(8-5-13)21-17-10-14(12(2)19)6-9-16(17)20-3/h4-10H,1-3H3. The maximum Gasteiger partial charge on any atom is 0.169 e. The van der Waals surface area contributed by atoms with Gasteiger partial charge in [-0.05, 0) is 56.3 Å². The molecule has 0 spiro atoms. The predicted octanol–water partition coefficient (Wildman–Crippen LogP) is 3.89. The minimum absolute atomic E-state index is 0.00212. The zero-order valence-corrected chi connectivity index (χ0v) is 12.2. The number of rotatable bonds is 5. The Bertz CT molecular complexity index is 672. The Morgan fingerprint density at radius 3 is 1.90 bits per heavy atom. The van der Waals surface area contributed by atoms with E-state index in [0.29, 0.717) is 28.4 Å². The first-order valence-corrected chi connectivity index (χ1v) is 6.49. The normalized spacial score (nSPS) is 10.0. The Balaban J connectivity index is 2.31. The number of ketones is 2. The van der Waals surface area contributed by atoms with Crippen molar-refractivity contribution in [2.75, 3.05) is 7.11 Å². The van der Waals surface area contributed by atoms with E-state index in [0.717, 1.165) is 0 Å². The van der Waals surface area contributed by atoms with Gasteiger partial charge >= 0.3 is 0 Å². The molecule has 0 unspecified atom stereocenters. The fourth-order valence-electron chi connectivity index (χ4n) is 1.86. The summed E-state index contributed by atoms with van der Waals surface area (Å²) < 4.78 is 11.0. The molecule has 0 amide bonds. The number of hydrogen-bond donors (Lipinski definition) is 0. The molecule has 2 aromatic rings. The lowest BCUT2D eigenvalue weighted by atomic mass is 10.1. The molecule has 0 aliphatic heterocycles. The molecule has 0 aromatic heterocycles. The highest BCUT2D eigenvalue weighted by Gasteiger charge is 2.10. The predicted molar refractivity (Wildman–Crippen MR) is 79.5 cm³/mol. The molecular formula is C17H16O4. The number of hydrogen-bond acceptors (Lipinski definition) is 4. The second-order valence-corrected chi connectivity index (χ2v) is 4.60. The van der Waals surface area contributed by atoms with Gasteiger partial charge in [-0.25, -0.2) is 0 Å². The third kappa shape index (κ3) is 3.48. The van der Waals surface area contributed by atoms with Gasteiger partial charge in [0.15, 0.2) is 23.1 Å². The molecule has 2 rings (SSSR count). The van der Waals surface area contributed by atoms with Crippen LogP contribution in [0, 0.1) is 0 Å². The van der Waals surface area contributed by atoms with Crippen molar-refractivity contribution in [1.29, 1.82) is 0 Å². The zero-order chi connectivity index (χ0) is 15.4. The third-order valence-corrected chi connectivity index (χ3v) is 3.06. The Morgan fingerprint density at radius 2 is 1.38 bits per heavy atom. The van der Waals surface area contributed by atoms with E-state index < -0.39 is 0 Å². The van der Waals surface area contributed by atoms with Gasteiger partial charge in [0.25, 0.3) is 0 Å². The van der Waals surface area contributed by atoms with Crippen molar-refractivity contribution in [2.45, 2.75) is 13.8 Å². The lowest BCUT2D eigenvalue weighted by Gasteiger charge is -2.11. The summed E-state index contributed by atoms with van der Waals surface area (Å²) in [5.74, 6) is 1.52. The Morgan fingerprint density at radius 1 is 0.810 bits per heavy atom. The molecule has 4 heteroatoms. The third-order valence-electron chi connectivity index (χ3n) is 3.06. The van der Waals surface area contributed by atoms with Gasteiger partial charge in [-0.2, -0.15) is 0 Å². The largest absolute Gasteiger partial charge is 0.493 e. The highest BCUT2D eigenvalue weighted by atomic mass is 16.5. The average Bonchev–Trinajstić information content (AvgIpc) is 2.47. The first-order valence-electron chi connectivity index (χ1n) is 6.49. The molecule has 21 heavy (non-hydrogen) atoms. The van der Waals surface area contributed by atoms with Crippen LogP contribution >= 0.6 is 0 Å². The van der Waals surface area contributed by atoms with Gasteiger partial charge < -0.3 is 9.47 Å². The van der Waals surface area contributed by atoms with Crippen molar-refractivity contribution in [3.05, 3.63) is 53.6 Å². The highest BCUT2D eigenvalue weighted by Crippen LogP contribution is 2.32. The molecule has 0 atom stereocenters. The minimum atomic E-state index is -0.0468. The second-order valence-electron chi connectivity index (χ2n) is 4.60. The second kappa shape index (κ2) is 6.22. The van der Waals surface area contributed by atoms with E-state index in [1.807, 2.05) is 0 Å². The number of carbonyl (C=O) groups is 2. The van der Waals surface area contributed by atoms with Crippen LogP contribution in [0.2, 0.25) is 0 Å². The van der Waals surface area contributed by atoms with Crippen LogP contribution in [0.15, 0.2) is 42.5 Å². The summed E-state index contributed by atoms with van der Waals surface area (Å²) in [5.41, 5.74) is 1.16. The molecule has 0 radical (unpaired) electrons. The van der Waals surface area contributed by atoms with Crippen molar-refractivity contribution in [3.8, 4) is 17.2 Å². The molecule has 0 heterocycles. The van der Waals surface area contributed by atoms with Crippen LogP contribution in [0.1, 0.15) is 34.6 Å². The molecule has 0 bridgehead atoms. The summed E-state index contributed by atoms with van der Waals surface area (Å²) in [7, 11) is 1.54. The van der Waals surface area contributed by atoms with Gasteiger partial charge in [0, 0.05) is 11.1 Å². The number of Topliss-reactive ketones (excluding diaryl/α,β-unsaturated/α-hetero) is 2. The zero-order valence-electron chi connectivity index (χ0n) is 12.2. The monoisotopic (exact) mass is 284 g/mol. The van der Waals surface area contributed by atoms with Crippen LogP contribution in [0.25, 0.3) is 0 Å². The molecular weight excluding hydrogens is 268 g/mol. The number of benzene rings is 2. The van der Waals surface area contributed by atoms with E-state index in [4.69, 9.17) is 9.47 Å². The van der Waals surface area contributed by atoms with E-state index in [-0.39, 0.29) is 11.6 Å². The number of ether oxygens (including phenoxy) is 2. The van der Waals surface area contributed by atoms with Crippen LogP contribution < -0.4 is 9.47 Å². The average molecular weight is 284 g/mol. The van der Waals surface area contributed by atoms with Crippen LogP contribution in [0.5, 0.6) is 17.2 Å². The maximum atomic E-state index is 11.4. The van der Waals surface area contributed by atoms with Crippen LogP contribution in [0.4, 0.5) is 0 Å². The SMILES string of the molecule is COc1ccc(C(C)=O)cc1Oc1ccc(C(C)=O)cc1. The van der Waals surface area contributed by atoms with Crippen molar-refractivity contribution in [3.63, 3.8) is 0 Å². The van der Waals surface area contributed by atoms with Crippen molar-refractivity contribution < 1.29 is 19.1 Å². The van der Waals surface area contributed by atoms with Crippen LogP contribution in [-0.2, 0) is 0 Å². The molecule has 0 saturated carbocycles. The number of methoxy groups -OCH3 is 1. The molecule has 0 saturated heterocycles. The quantitative estimate of drug-likeness (QED) is 0.781. The van der Waals surface area contributed by atoms with Gasteiger partial charge in [-0.1, -0.05) is 0 Å². The smallest absolute Gasteiger partial charge is 0.169 e. The molecule has 0 fully saturated rings. The van der Waals surface area contributed by atoms with Gasteiger partial charge in [0.1, 0.15) is 5.75 Å². The Labute approximate surface area is 123 Å². The number of carbonyl (C=O) groups excluding carboxylic acids is 2. The van der Waals surface area contributed by atoms with Crippen molar-refractivity contribution in [2.24, 2.45) is 0 Å². The maximum absolute atomic E-state index is 11.4. The van der Waals surface area contributed by atoms with Crippen molar-refractivity contribution >= 4 is 11.6 Å². The van der Waals surface area contributed by atoms with Gasteiger partial charge in [0.2, 0.25) is 0 Å². The molecule has 4 nitrogen and oxygen atoms in total. The molecule has 2 aromatic carbocycles. The van der Waals surface area contributed by atoms with Gasteiger partial charge in [-0.15, -0.1) is 0 Å². The van der Waals surface area contributed by atoms with E-state index in [1.165, 1.54) is 21.0 Å². The summed E-state index contributed by atoms with van der Waals surface area (Å²) in [6.45, 7) is 3.00. The van der Waals surface area contributed by atoms with Crippen molar-refractivity contribution in [1.82, 2.24) is 0 Å². The summed E-state index contributed by atoms with van der Waals surface area (Å²) in [4.78, 5) is 22.7. The van der Waals surface area contributed by atoms with Crippen LogP contribution in [-0.4, -0.2) is 18.7 Å². The lowest BCUT2D eigenvalue weighted by Crippen LogP contribution is -1.96. The first-order chi connectivity index (χ1) is 10.0. The molecule has 0 N–H and O–H groups in total. The van der Waals surface area contributed by atoms with E-state index in [1.54, 1.807) is 42.5 Å². The minimum Gasteiger partial charge on any atom is -0.493 e.